The minimum atomic E-state index is -0.544. The number of ether oxygens (including phenoxy) is 1. The Morgan fingerprint density at radius 2 is 2.00 bits per heavy atom. The standard InChI is InChI=1S/C23H26N4O4S2/c1-4-31-15-10-8-14(9-11-15)27-21(29)19-16-6-5-7-17(16)33-20(19)26-23(27)32-12-18(28)25-22(30)24-13(2)3/h8-11,13H,4-7,12H2,1-3H3,(H2,24,25,28,30). The third kappa shape index (κ3) is 5.06. The molecule has 0 fully saturated rings. The van der Waals surface area contributed by atoms with Crippen molar-refractivity contribution in [3.05, 3.63) is 45.1 Å². The first kappa shape index (κ1) is 23.3. The summed E-state index contributed by atoms with van der Waals surface area (Å²) in [6.45, 7) is 6.08. The van der Waals surface area contributed by atoms with Crippen LogP contribution >= 0.6 is 23.1 Å². The van der Waals surface area contributed by atoms with Gasteiger partial charge in [-0.05, 0) is 69.9 Å². The van der Waals surface area contributed by atoms with Gasteiger partial charge in [-0.1, -0.05) is 11.8 Å². The summed E-state index contributed by atoms with van der Waals surface area (Å²) >= 11 is 2.69. The largest absolute Gasteiger partial charge is 0.494 e. The first-order valence-electron chi connectivity index (χ1n) is 10.9. The minimum absolute atomic E-state index is 0.0500. The number of thioether (sulfide) groups is 1. The topological polar surface area (TPSA) is 102 Å². The second-order valence-electron chi connectivity index (χ2n) is 7.96. The molecule has 3 aromatic rings. The van der Waals surface area contributed by atoms with E-state index in [1.165, 1.54) is 4.88 Å². The van der Waals surface area contributed by atoms with Gasteiger partial charge < -0.3 is 10.1 Å². The number of hydrogen-bond acceptors (Lipinski definition) is 7. The Morgan fingerprint density at radius 1 is 1.24 bits per heavy atom. The normalized spacial score (nSPS) is 12.7. The SMILES string of the molecule is CCOc1ccc(-n2c(SCC(=O)NC(=O)NC(C)C)nc3sc4c(c3c2=O)CCC4)cc1. The number of nitrogens with one attached hydrogen (secondary N) is 2. The molecule has 2 aromatic heterocycles. The third-order valence-corrected chi connectivity index (χ3v) is 7.24. The van der Waals surface area contributed by atoms with Crippen LogP contribution in [0.3, 0.4) is 0 Å². The molecule has 0 aliphatic heterocycles. The molecule has 2 N–H and O–H groups in total. The Morgan fingerprint density at radius 3 is 2.70 bits per heavy atom. The number of rotatable bonds is 7. The molecule has 1 aliphatic carbocycles. The van der Waals surface area contributed by atoms with Crippen LogP contribution < -0.4 is 20.9 Å². The number of imide groups is 1. The van der Waals surface area contributed by atoms with Crippen molar-refractivity contribution >= 4 is 45.3 Å². The highest BCUT2D eigenvalue weighted by atomic mass is 32.2. The van der Waals surface area contributed by atoms with Crippen molar-refractivity contribution in [1.29, 1.82) is 0 Å². The van der Waals surface area contributed by atoms with Gasteiger partial charge in [0.2, 0.25) is 5.91 Å². The van der Waals surface area contributed by atoms with Crippen molar-refractivity contribution in [3.63, 3.8) is 0 Å². The van der Waals surface area contributed by atoms with Gasteiger partial charge in [0.1, 0.15) is 10.6 Å². The van der Waals surface area contributed by atoms with Gasteiger partial charge in [-0.2, -0.15) is 0 Å². The molecule has 10 heteroatoms. The predicted octanol–water partition coefficient (Wildman–Crippen LogP) is 3.66. The van der Waals surface area contributed by atoms with Crippen molar-refractivity contribution in [2.45, 2.75) is 51.2 Å². The zero-order valence-corrected chi connectivity index (χ0v) is 20.4. The van der Waals surface area contributed by atoms with Crippen LogP contribution in [0.1, 0.15) is 37.6 Å². The first-order valence-corrected chi connectivity index (χ1v) is 12.7. The van der Waals surface area contributed by atoms with E-state index in [1.807, 2.05) is 45.0 Å². The molecule has 174 valence electrons. The number of hydrogen-bond donors (Lipinski definition) is 2. The zero-order valence-electron chi connectivity index (χ0n) is 18.8. The Kier molecular flexibility index (Phi) is 7.04. The maximum absolute atomic E-state index is 13.6. The lowest BCUT2D eigenvalue weighted by molar-refractivity contribution is -0.117. The summed E-state index contributed by atoms with van der Waals surface area (Å²) in [7, 11) is 0. The number of amides is 3. The number of aromatic nitrogens is 2. The molecular weight excluding hydrogens is 460 g/mol. The van der Waals surface area contributed by atoms with E-state index >= 15 is 0 Å². The monoisotopic (exact) mass is 486 g/mol. The van der Waals surface area contributed by atoms with Crippen LogP contribution in [0.25, 0.3) is 15.9 Å². The molecule has 0 radical (unpaired) electrons. The lowest BCUT2D eigenvalue weighted by Gasteiger charge is -2.13. The molecule has 0 atom stereocenters. The summed E-state index contributed by atoms with van der Waals surface area (Å²) in [5, 5.41) is 6.01. The van der Waals surface area contributed by atoms with Crippen LogP contribution in [-0.2, 0) is 17.6 Å². The summed E-state index contributed by atoms with van der Waals surface area (Å²) in [6.07, 6.45) is 2.90. The van der Waals surface area contributed by atoms with Gasteiger partial charge in [-0.25, -0.2) is 9.78 Å². The molecule has 3 amide bonds. The highest BCUT2D eigenvalue weighted by Crippen LogP contribution is 2.36. The highest BCUT2D eigenvalue weighted by molar-refractivity contribution is 7.99. The van der Waals surface area contributed by atoms with Gasteiger partial charge in [0.05, 0.1) is 23.4 Å². The molecule has 0 spiro atoms. The molecule has 33 heavy (non-hydrogen) atoms. The van der Waals surface area contributed by atoms with Crippen LogP contribution in [0.2, 0.25) is 0 Å². The predicted molar refractivity (Wildman–Crippen MR) is 131 cm³/mol. The first-order chi connectivity index (χ1) is 15.9. The van der Waals surface area contributed by atoms with Crippen molar-refractivity contribution in [1.82, 2.24) is 20.2 Å². The minimum Gasteiger partial charge on any atom is -0.494 e. The molecule has 1 aliphatic rings. The second kappa shape index (κ2) is 9.96. The number of thiophene rings is 1. The summed E-state index contributed by atoms with van der Waals surface area (Å²) in [4.78, 5) is 44.5. The van der Waals surface area contributed by atoms with Crippen LogP contribution in [0.5, 0.6) is 5.75 Å². The van der Waals surface area contributed by atoms with Crippen molar-refractivity contribution < 1.29 is 14.3 Å². The van der Waals surface area contributed by atoms with E-state index in [1.54, 1.807) is 15.9 Å². The summed E-state index contributed by atoms with van der Waals surface area (Å²) < 4.78 is 7.07. The smallest absolute Gasteiger partial charge is 0.321 e. The molecule has 0 saturated carbocycles. The van der Waals surface area contributed by atoms with Gasteiger partial charge in [-0.3, -0.25) is 19.5 Å². The number of urea groups is 1. The Hall–Kier alpha value is -2.85. The molecule has 2 heterocycles. The van der Waals surface area contributed by atoms with Gasteiger partial charge >= 0.3 is 6.03 Å². The van der Waals surface area contributed by atoms with E-state index < -0.39 is 11.9 Å². The third-order valence-electron chi connectivity index (χ3n) is 5.12. The van der Waals surface area contributed by atoms with Crippen LogP contribution in [0.15, 0.2) is 34.2 Å². The second-order valence-corrected chi connectivity index (χ2v) is 9.99. The lowest BCUT2D eigenvalue weighted by Crippen LogP contribution is -2.43. The maximum Gasteiger partial charge on any atom is 0.321 e. The van der Waals surface area contributed by atoms with E-state index in [4.69, 9.17) is 9.72 Å². The average molecular weight is 487 g/mol. The molecule has 0 saturated heterocycles. The molecule has 4 rings (SSSR count). The molecule has 0 unspecified atom stereocenters. The van der Waals surface area contributed by atoms with Gasteiger partial charge in [-0.15, -0.1) is 11.3 Å². The van der Waals surface area contributed by atoms with Gasteiger partial charge in [0, 0.05) is 10.9 Å². The quantitative estimate of drug-likeness (QED) is 0.390. The van der Waals surface area contributed by atoms with Crippen LogP contribution in [0, 0.1) is 0 Å². The summed E-state index contributed by atoms with van der Waals surface area (Å²) in [6, 6.07) is 6.62. The van der Waals surface area contributed by atoms with E-state index in [0.717, 1.165) is 36.6 Å². The number of aryl methyl sites for hydroxylation is 2. The number of carbonyl (C=O) groups is 2. The number of nitrogens with zero attached hydrogens (tertiary/aromatic N) is 2. The van der Waals surface area contributed by atoms with Gasteiger partial charge in [0.25, 0.3) is 5.56 Å². The van der Waals surface area contributed by atoms with Crippen LogP contribution in [-0.4, -0.2) is 39.9 Å². The molecule has 8 nitrogen and oxygen atoms in total. The average Bonchev–Trinajstić information content (AvgIpc) is 3.33. The fraction of sp³-hybridized carbons (Fsp3) is 0.391. The van der Waals surface area contributed by atoms with Crippen molar-refractivity contribution in [2.24, 2.45) is 0 Å². The summed E-state index contributed by atoms with van der Waals surface area (Å²) in [5.41, 5.74) is 1.62. The number of carbonyl (C=O) groups excluding carboxylic acids is 2. The van der Waals surface area contributed by atoms with Crippen LogP contribution in [0.4, 0.5) is 4.79 Å². The maximum atomic E-state index is 13.6. The molecule has 0 bridgehead atoms. The van der Waals surface area contributed by atoms with E-state index in [-0.39, 0.29) is 17.4 Å². The Bertz CT molecular complexity index is 1250. The Balaban J connectivity index is 1.68. The fourth-order valence-electron chi connectivity index (χ4n) is 3.80. The number of benzene rings is 1. The fourth-order valence-corrected chi connectivity index (χ4v) is 5.91. The lowest BCUT2D eigenvalue weighted by atomic mass is 10.2. The van der Waals surface area contributed by atoms with E-state index in [9.17, 15) is 14.4 Å². The van der Waals surface area contributed by atoms with Crippen molar-refractivity contribution in [3.8, 4) is 11.4 Å². The Labute approximate surface area is 199 Å². The van der Waals surface area contributed by atoms with E-state index in [2.05, 4.69) is 10.6 Å². The molecule has 1 aromatic carbocycles. The van der Waals surface area contributed by atoms with Gasteiger partial charge in [0.15, 0.2) is 5.16 Å². The summed E-state index contributed by atoms with van der Waals surface area (Å²) in [5.74, 6) is 0.204. The van der Waals surface area contributed by atoms with E-state index in [0.29, 0.717) is 33.4 Å². The highest BCUT2D eigenvalue weighted by Gasteiger charge is 2.24. The van der Waals surface area contributed by atoms with Crippen molar-refractivity contribution in [2.75, 3.05) is 12.4 Å². The zero-order chi connectivity index (χ0) is 23.5. The number of fused-ring (bicyclic) bond motifs is 3. The molecular formula is C23H26N4O4S2.